The molecule has 2 aromatic heterocycles. The van der Waals surface area contributed by atoms with Crippen LogP contribution >= 0.6 is 0 Å². The van der Waals surface area contributed by atoms with Crippen molar-refractivity contribution in [1.29, 1.82) is 0 Å². The molecule has 0 aliphatic carbocycles. The first-order valence-corrected chi connectivity index (χ1v) is 9.13. The summed E-state index contributed by atoms with van der Waals surface area (Å²) in [6.07, 6.45) is 4.64. The highest BCUT2D eigenvalue weighted by Crippen LogP contribution is 2.16. The third kappa shape index (κ3) is 3.05. The average molecular weight is 353 g/mol. The number of aromatic nitrogens is 4. The number of fused-ring (bicyclic) bond motifs is 1. The normalized spacial score (nSPS) is 15.3. The lowest BCUT2D eigenvalue weighted by Crippen LogP contribution is -2.29. The number of para-hydroxylation sites is 2. The first-order chi connectivity index (χ1) is 12.6. The van der Waals surface area contributed by atoms with Crippen LogP contribution in [0.5, 0.6) is 0 Å². The Bertz CT molecular complexity index is 1040. The van der Waals surface area contributed by atoms with E-state index in [9.17, 15) is 9.59 Å². The molecule has 0 atom stereocenters. The Hall–Kier alpha value is -2.83. The van der Waals surface area contributed by atoms with Crippen LogP contribution in [0.4, 0.5) is 5.95 Å². The SMILES string of the molecule is Cn1c(=O)n(Cc2cc(=O)[nH]c(N3CCCCCC3)n2)c2ccccc21. The first kappa shape index (κ1) is 16.6. The van der Waals surface area contributed by atoms with Gasteiger partial charge in [-0.2, -0.15) is 0 Å². The zero-order chi connectivity index (χ0) is 18.1. The second-order valence-corrected chi connectivity index (χ2v) is 6.88. The molecule has 1 aromatic carbocycles. The number of anilines is 1. The Morgan fingerprint density at radius 1 is 1.04 bits per heavy atom. The molecular formula is C19H23N5O2. The van der Waals surface area contributed by atoms with Crippen molar-refractivity contribution in [2.75, 3.05) is 18.0 Å². The number of rotatable bonds is 3. The number of nitrogens with zero attached hydrogens (tertiary/aromatic N) is 4. The van der Waals surface area contributed by atoms with Gasteiger partial charge in [-0.05, 0) is 25.0 Å². The third-order valence-corrected chi connectivity index (χ3v) is 5.06. The van der Waals surface area contributed by atoms with Gasteiger partial charge in [0.05, 0.1) is 23.3 Å². The fourth-order valence-electron chi connectivity index (χ4n) is 3.69. The predicted octanol–water partition coefficient (Wildman–Crippen LogP) is 1.85. The van der Waals surface area contributed by atoms with Gasteiger partial charge in [0.2, 0.25) is 5.95 Å². The number of aryl methyl sites for hydroxylation is 1. The number of benzene rings is 1. The zero-order valence-corrected chi connectivity index (χ0v) is 14.9. The van der Waals surface area contributed by atoms with Crippen molar-refractivity contribution in [3.63, 3.8) is 0 Å². The fourth-order valence-corrected chi connectivity index (χ4v) is 3.69. The van der Waals surface area contributed by atoms with Gasteiger partial charge >= 0.3 is 5.69 Å². The molecule has 0 saturated carbocycles. The lowest BCUT2D eigenvalue weighted by Gasteiger charge is -2.21. The number of H-pyrrole nitrogens is 1. The maximum atomic E-state index is 12.6. The maximum absolute atomic E-state index is 12.6. The van der Waals surface area contributed by atoms with Crippen LogP contribution in [-0.2, 0) is 13.6 Å². The van der Waals surface area contributed by atoms with Gasteiger partial charge in [0.15, 0.2) is 0 Å². The number of hydrogen-bond acceptors (Lipinski definition) is 4. The minimum absolute atomic E-state index is 0.107. The molecule has 1 fully saturated rings. The molecule has 7 nitrogen and oxygen atoms in total. The van der Waals surface area contributed by atoms with Crippen LogP contribution < -0.4 is 16.1 Å². The van der Waals surface area contributed by atoms with E-state index in [0.717, 1.165) is 37.0 Å². The second kappa shape index (κ2) is 6.82. The number of nitrogens with one attached hydrogen (secondary N) is 1. The minimum atomic E-state index is -0.178. The van der Waals surface area contributed by atoms with Crippen molar-refractivity contribution in [2.45, 2.75) is 32.2 Å². The molecule has 3 heterocycles. The van der Waals surface area contributed by atoms with E-state index in [0.29, 0.717) is 11.6 Å². The van der Waals surface area contributed by atoms with Crippen molar-refractivity contribution in [3.05, 3.63) is 56.9 Å². The summed E-state index contributed by atoms with van der Waals surface area (Å²) in [5.41, 5.74) is 2.03. The van der Waals surface area contributed by atoms with E-state index in [4.69, 9.17) is 0 Å². The van der Waals surface area contributed by atoms with Crippen LogP contribution in [0.2, 0.25) is 0 Å². The van der Waals surface area contributed by atoms with Crippen molar-refractivity contribution in [2.24, 2.45) is 7.05 Å². The van der Waals surface area contributed by atoms with Crippen LogP contribution in [-0.4, -0.2) is 32.2 Å². The van der Waals surface area contributed by atoms with Crippen LogP contribution in [0.15, 0.2) is 39.9 Å². The summed E-state index contributed by atoms with van der Waals surface area (Å²) in [5.74, 6) is 0.614. The van der Waals surface area contributed by atoms with Gasteiger partial charge in [-0.1, -0.05) is 25.0 Å². The lowest BCUT2D eigenvalue weighted by molar-refractivity contribution is 0.706. The number of imidazole rings is 1. The van der Waals surface area contributed by atoms with Crippen molar-refractivity contribution in [3.8, 4) is 0 Å². The van der Waals surface area contributed by atoms with Gasteiger partial charge < -0.3 is 4.90 Å². The van der Waals surface area contributed by atoms with Gasteiger partial charge in [0.25, 0.3) is 5.56 Å². The Morgan fingerprint density at radius 3 is 2.46 bits per heavy atom. The molecule has 0 spiro atoms. The van der Waals surface area contributed by atoms with E-state index >= 15 is 0 Å². The predicted molar refractivity (Wildman–Crippen MR) is 102 cm³/mol. The summed E-state index contributed by atoms with van der Waals surface area (Å²) in [7, 11) is 1.76. The number of aromatic amines is 1. The molecule has 0 amide bonds. The molecule has 136 valence electrons. The lowest BCUT2D eigenvalue weighted by atomic mass is 10.2. The van der Waals surface area contributed by atoms with Crippen molar-refractivity contribution >= 4 is 17.0 Å². The van der Waals surface area contributed by atoms with E-state index in [2.05, 4.69) is 14.9 Å². The van der Waals surface area contributed by atoms with E-state index in [1.54, 1.807) is 16.2 Å². The quantitative estimate of drug-likeness (QED) is 0.780. The highest BCUT2D eigenvalue weighted by molar-refractivity contribution is 5.75. The van der Waals surface area contributed by atoms with E-state index in [-0.39, 0.29) is 17.8 Å². The Kier molecular flexibility index (Phi) is 4.36. The molecule has 0 unspecified atom stereocenters. The second-order valence-electron chi connectivity index (χ2n) is 6.88. The van der Waals surface area contributed by atoms with Gasteiger partial charge in [-0.25, -0.2) is 9.78 Å². The fraction of sp³-hybridized carbons (Fsp3) is 0.421. The van der Waals surface area contributed by atoms with Crippen molar-refractivity contribution in [1.82, 2.24) is 19.1 Å². The molecule has 26 heavy (non-hydrogen) atoms. The van der Waals surface area contributed by atoms with Crippen LogP contribution in [0.3, 0.4) is 0 Å². The highest BCUT2D eigenvalue weighted by Gasteiger charge is 2.15. The van der Waals surface area contributed by atoms with E-state index < -0.39 is 0 Å². The maximum Gasteiger partial charge on any atom is 0.329 e. The van der Waals surface area contributed by atoms with Crippen LogP contribution in [0, 0.1) is 0 Å². The van der Waals surface area contributed by atoms with Gasteiger partial charge in [-0.15, -0.1) is 0 Å². The summed E-state index contributed by atoms with van der Waals surface area (Å²) in [5, 5.41) is 0. The average Bonchev–Trinajstić information content (AvgIpc) is 2.85. The molecule has 4 rings (SSSR count). The Labute approximate surface area is 150 Å². The first-order valence-electron chi connectivity index (χ1n) is 9.13. The molecule has 1 N–H and O–H groups in total. The molecule has 1 aliphatic rings. The summed E-state index contributed by atoms with van der Waals surface area (Å²) in [4.78, 5) is 34.4. The smallest absolute Gasteiger partial charge is 0.329 e. The van der Waals surface area contributed by atoms with Crippen LogP contribution in [0.1, 0.15) is 31.4 Å². The summed E-state index contributed by atoms with van der Waals surface area (Å²) < 4.78 is 3.29. The third-order valence-electron chi connectivity index (χ3n) is 5.06. The molecule has 3 aromatic rings. The zero-order valence-electron chi connectivity index (χ0n) is 14.9. The summed E-state index contributed by atoms with van der Waals surface area (Å²) in [6.45, 7) is 2.09. The minimum Gasteiger partial charge on any atom is -0.342 e. The molecule has 7 heteroatoms. The Morgan fingerprint density at radius 2 is 1.73 bits per heavy atom. The van der Waals surface area contributed by atoms with E-state index in [1.165, 1.54) is 18.9 Å². The number of hydrogen-bond donors (Lipinski definition) is 1. The molecule has 0 bridgehead atoms. The van der Waals surface area contributed by atoms with Gasteiger partial charge in [-0.3, -0.25) is 18.9 Å². The summed E-state index contributed by atoms with van der Waals surface area (Å²) in [6, 6.07) is 9.14. The molecule has 0 radical (unpaired) electrons. The topological polar surface area (TPSA) is 75.9 Å². The summed E-state index contributed by atoms with van der Waals surface area (Å²) >= 11 is 0. The monoisotopic (exact) mass is 353 g/mol. The van der Waals surface area contributed by atoms with Crippen molar-refractivity contribution < 1.29 is 0 Å². The molecular weight excluding hydrogens is 330 g/mol. The van der Waals surface area contributed by atoms with Gasteiger partial charge in [0.1, 0.15) is 0 Å². The van der Waals surface area contributed by atoms with Crippen LogP contribution in [0.25, 0.3) is 11.0 Å². The largest absolute Gasteiger partial charge is 0.342 e. The van der Waals surface area contributed by atoms with E-state index in [1.807, 2.05) is 24.3 Å². The molecule has 1 saturated heterocycles. The molecule has 1 aliphatic heterocycles. The highest BCUT2D eigenvalue weighted by atomic mass is 16.1. The Balaban J connectivity index is 1.72. The van der Waals surface area contributed by atoms with Gasteiger partial charge in [0, 0.05) is 26.2 Å². The standard InChI is InChI=1S/C19H23N5O2/c1-22-15-8-4-5-9-16(15)24(19(22)26)13-14-12-17(25)21-18(20-14)23-10-6-2-3-7-11-23/h4-5,8-9,12H,2-3,6-7,10-11,13H2,1H3,(H,20,21,25).